The molecule has 0 radical (unpaired) electrons. The van der Waals surface area contributed by atoms with Crippen molar-refractivity contribution in [1.82, 2.24) is 9.55 Å². The molecule has 1 aromatic heterocycles. The van der Waals surface area contributed by atoms with Gasteiger partial charge in [0.2, 0.25) is 5.91 Å². The number of halogens is 1. The van der Waals surface area contributed by atoms with Gasteiger partial charge in [-0.05, 0) is 30.3 Å². The van der Waals surface area contributed by atoms with Gasteiger partial charge in [0, 0.05) is 22.5 Å². The monoisotopic (exact) mass is 386 g/mol. The summed E-state index contributed by atoms with van der Waals surface area (Å²) in [6.45, 7) is 0. The van der Waals surface area contributed by atoms with E-state index in [0.29, 0.717) is 15.9 Å². The highest BCUT2D eigenvalue weighted by atomic mass is 35.5. The van der Waals surface area contributed by atoms with Crippen molar-refractivity contribution in [1.29, 1.82) is 0 Å². The van der Waals surface area contributed by atoms with Gasteiger partial charge in [0.15, 0.2) is 5.16 Å². The molecule has 0 aliphatic carbocycles. The van der Waals surface area contributed by atoms with Crippen molar-refractivity contribution in [3.63, 3.8) is 0 Å². The first-order chi connectivity index (χ1) is 12.5. The molecule has 6 nitrogen and oxygen atoms in total. The summed E-state index contributed by atoms with van der Waals surface area (Å²) >= 11 is 7.03. The summed E-state index contributed by atoms with van der Waals surface area (Å²) in [7, 11) is 0. The molecule has 2 aromatic carbocycles. The van der Waals surface area contributed by atoms with Gasteiger partial charge in [0.25, 0.3) is 5.56 Å². The van der Waals surface area contributed by atoms with E-state index in [0.717, 1.165) is 17.4 Å². The van der Waals surface area contributed by atoms with E-state index in [1.165, 1.54) is 6.07 Å². The molecule has 3 aromatic rings. The molecule has 0 aliphatic heterocycles. The molecule has 3 rings (SSSR count). The number of nitrogens with one attached hydrogen (secondary N) is 1. The third-order valence-corrected chi connectivity index (χ3v) is 4.56. The molecule has 0 spiro atoms. The Morgan fingerprint density at radius 1 is 1.15 bits per heavy atom. The normalized spacial score (nSPS) is 10.5. The molecule has 1 heterocycles. The maximum Gasteiger partial charge on any atom is 0.275 e. The Hall–Kier alpha value is -2.77. The van der Waals surface area contributed by atoms with E-state index in [9.17, 15) is 9.59 Å². The van der Waals surface area contributed by atoms with Crippen LogP contribution in [-0.2, 0) is 4.79 Å². The van der Waals surface area contributed by atoms with Crippen molar-refractivity contribution in [2.24, 2.45) is 0 Å². The van der Waals surface area contributed by atoms with Gasteiger partial charge < -0.3 is 11.1 Å². The number of hydrogen-bond acceptors (Lipinski definition) is 5. The predicted molar refractivity (Wildman–Crippen MR) is 105 cm³/mol. The number of nitrogens with two attached hydrogens (primary N) is 1. The average Bonchev–Trinajstić information content (AvgIpc) is 2.60. The number of rotatable bonds is 5. The van der Waals surface area contributed by atoms with Crippen molar-refractivity contribution in [2.75, 3.05) is 16.8 Å². The summed E-state index contributed by atoms with van der Waals surface area (Å²) in [4.78, 5) is 27.9. The van der Waals surface area contributed by atoms with Gasteiger partial charge in [-0.25, -0.2) is 0 Å². The molecule has 132 valence electrons. The number of thioether (sulfide) groups is 1. The minimum Gasteiger partial charge on any atom is -0.385 e. The number of nitrogens with zero attached hydrogens (tertiary/aromatic N) is 2. The molecular formula is C18H15ClN4O2S. The fourth-order valence-electron chi connectivity index (χ4n) is 2.30. The number of amides is 1. The van der Waals surface area contributed by atoms with Crippen molar-refractivity contribution in [3.05, 3.63) is 76.0 Å². The van der Waals surface area contributed by atoms with Crippen LogP contribution in [0.25, 0.3) is 5.69 Å². The van der Waals surface area contributed by atoms with E-state index in [1.54, 1.807) is 28.8 Å². The Bertz CT molecular complexity index is 992. The standard InChI is InChI=1S/C18H15ClN4O2S/c19-12-5-4-6-13(9-12)21-17(25)11-26-18-22-16(24)10-15(20)23(18)14-7-2-1-3-8-14/h1-10H,11,20H2,(H,21,25). The number of carbonyl (C=O) groups excluding carboxylic acids is 1. The maximum atomic E-state index is 12.2. The molecule has 3 N–H and O–H groups in total. The predicted octanol–water partition coefficient (Wildman–Crippen LogP) is 3.20. The van der Waals surface area contributed by atoms with Gasteiger partial charge in [0.1, 0.15) is 5.82 Å². The van der Waals surface area contributed by atoms with Crippen LogP contribution in [0.2, 0.25) is 5.02 Å². The maximum absolute atomic E-state index is 12.2. The van der Waals surface area contributed by atoms with E-state index in [4.69, 9.17) is 17.3 Å². The lowest BCUT2D eigenvalue weighted by atomic mass is 10.3. The zero-order chi connectivity index (χ0) is 18.5. The first-order valence-electron chi connectivity index (χ1n) is 7.66. The van der Waals surface area contributed by atoms with E-state index in [-0.39, 0.29) is 17.5 Å². The molecule has 26 heavy (non-hydrogen) atoms. The number of aromatic nitrogens is 2. The lowest BCUT2D eigenvalue weighted by Crippen LogP contribution is -2.19. The second kappa shape index (κ2) is 8.07. The highest BCUT2D eigenvalue weighted by Crippen LogP contribution is 2.22. The Labute approximate surface area is 159 Å². The summed E-state index contributed by atoms with van der Waals surface area (Å²) in [5, 5.41) is 3.63. The molecular weight excluding hydrogens is 372 g/mol. The molecule has 8 heteroatoms. The fourth-order valence-corrected chi connectivity index (χ4v) is 3.32. The zero-order valence-electron chi connectivity index (χ0n) is 13.6. The minimum atomic E-state index is -0.451. The van der Waals surface area contributed by atoms with Gasteiger partial charge in [-0.2, -0.15) is 4.98 Å². The van der Waals surface area contributed by atoms with E-state index in [1.807, 2.05) is 30.3 Å². The first-order valence-corrected chi connectivity index (χ1v) is 9.02. The van der Waals surface area contributed by atoms with Crippen molar-refractivity contribution >= 4 is 40.8 Å². The number of benzene rings is 2. The van der Waals surface area contributed by atoms with Gasteiger partial charge in [-0.1, -0.05) is 47.6 Å². The quantitative estimate of drug-likeness (QED) is 0.519. The van der Waals surface area contributed by atoms with Crippen LogP contribution >= 0.6 is 23.4 Å². The number of hydrogen-bond donors (Lipinski definition) is 2. The smallest absolute Gasteiger partial charge is 0.275 e. The number of para-hydroxylation sites is 1. The number of carbonyl (C=O) groups is 1. The minimum absolute atomic E-state index is 0.0647. The second-order valence-electron chi connectivity index (χ2n) is 5.32. The van der Waals surface area contributed by atoms with Crippen LogP contribution in [-0.4, -0.2) is 21.2 Å². The van der Waals surface area contributed by atoms with Crippen LogP contribution in [0.5, 0.6) is 0 Å². The number of nitrogen functional groups attached to an aromatic ring is 1. The second-order valence-corrected chi connectivity index (χ2v) is 6.70. The molecule has 0 bridgehead atoms. The topological polar surface area (TPSA) is 90.0 Å². The Kier molecular flexibility index (Phi) is 5.60. The summed E-state index contributed by atoms with van der Waals surface area (Å²) < 4.78 is 1.64. The van der Waals surface area contributed by atoms with Gasteiger partial charge in [0.05, 0.1) is 5.75 Å². The largest absolute Gasteiger partial charge is 0.385 e. The molecule has 0 unspecified atom stereocenters. The van der Waals surface area contributed by atoms with Crippen LogP contribution < -0.4 is 16.6 Å². The Balaban J connectivity index is 1.79. The zero-order valence-corrected chi connectivity index (χ0v) is 15.1. The molecule has 1 amide bonds. The lowest BCUT2D eigenvalue weighted by Gasteiger charge is -2.14. The Morgan fingerprint density at radius 3 is 2.65 bits per heavy atom. The third kappa shape index (κ3) is 4.44. The molecule has 0 saturated heterocycles. The van der Waals surface area contributed by atoms with E-state index >= 15 is 0 Å². The molecule has 0 aliphatic rings. The highest BCUT2D eigenvalue weighted by Gasteiger charge is 2.12. The average molecular weight is 387 g/mol. The molecule has 0 saturated carbocycles. The summed E-state index contributed by atoms with van der Waals surface area (Å²) in [5.41, 5.74) is 6.90. The van der Waals surface area contributed by atoms with E-state index < -0.39 is 5.56 Å². The van der Waals surface area contributed by atoms with Gasteiger partial charge >= 0.3 is 0 Å². The van der Waals surface area contributed by atoms with E-state index in [2.05, 4.69) is 10.3 Å². The summed E-state index contributed by atoms with van der Waals surface area (Å²) in [6.07, 6.45) is 0. The molecule has 0 fully saturated rings. The summed E-state index contributed by atoms with van der Waals surface area (Å²) in [5.74, 6) is 0.0809. The summed E-state index contributed by atoms with van der Waals surface area (Å²) in [6, 6.07) is 17.4. The third-order valence-electron chi connectivity index (χ3n) is 3.38. The van der Waals surface area contributed by atoms with Crippen molar-refractivity contribution in [2.45, 2.75) is 5.16 Å². The SMILES string of the molecule is Nc1cc(=O)nc(SCC(=O)Nc2cccc(Cl)c2)n1-c1ccccc1. The highest BCUT2D eigenvalue weighted by molar-refractivity contribution is 7.99. The van der Waals surface area contributed by atoms with Crippen molar-refractivity contribution < 1.29 is 4.79 Å². The fraction of sp³-hybridized carbons (Fsp3) is 0.0556. The van der Waals surface area contributed by atoms with Crippen LogP contribution in [0.15, 0.2) is 70.6 Å². The van der Waals surface area contributed by atoms with Crippen LogP contribution in [0.1, 0.15) is 0 Å². The van der Waals surface area contributed by atoms with Crippen molar-refractivity contribution in [3.8, 4) is 5.69 Å². The Morgan fingerprint density at radius 2 is 1.92 bits per heavy atom. The van der Waals surface area contributed by atoms with Gasteiger partial charge in [-0.3, -0.25) is 14.2 Å². The molecule has 0 atom stereocenters. The van der Waals surface area contributed by atoms with Crippen LogP contribution in [0.4, 0.5) is 11.5 Å². The number of anilines is 2. The lowest BCUT2D eigenvalue weighted by molar-refractivity contribution is -0.113. The van der Waals surface area contributed by atoms with Crippen LogP contribution in [0, 0.1) is 0 Å². The van der Waals surface area contributed by atoms with Crippen LogP contribution in [0.3, 0.4) is 0 Å². The first kappa shape index (κ1) is 18.0. The van der Waals surface area contributed by atoms with Gasteiger partial charge in [-0.15, -0.1) is 0 Å².